The monoisotopic (exact) mass is 315 g/mol. The molecule has 1 fully saturated rings. The number of carboxylic acids is 1. The molecule has 0 aromatic heterocycles. The summed E-state index contributed by atoms with van der Waals surface area (Å²) in [5.41, 5.74) is 0.900. The van der Waals surface area contributed by atoms with E-state index in [2.05, 4.69) is 25.7 Å². The number of aliphatic carboxylic acids is 1. The van der Waals surface area contributed by atoms with Crippen molar-refractivity contribution in [3.8, 4) is 0 Å². The zero-order valence-electron chi connectivity index (χ0n) is 11.9. The maximum Gasteiger partial charge on any atom is 0.308 e. The number of rotatable bonds is 2. The standard InChI is InChI=1S/C15H19Cl2NO2/c1-15(2,3)18-7-10(11(8-18)14(19)20)9-4-5-12(16)13(17)6-9/h4-6,10-11H,7-8H2,1-3H3,(H,19,20)/t10-,11+/m0/s1. The minimum Gasteiger partial charge on any atom is -0.481 e. The number of halogens is 2. The van der Waals surface area contributed by atoms with E-state index in [1.807, 2.05) is 6.07 Å². The topological polar surface area (TPSA) is 40.5 Å². The average Bonchev–Trinajstić information content (AvgIpc) is 2.77. The molecule has 1 heterocycles. The number of nitrogens with zero attached hydrogens (tertiary/aromatic N) is 1. The van der Waals surface area contributed by atoms with E-state index in [0.29, 0.717) is 16.6 Å². The van der Waals surface area contributed by atoms with Crippen LogP contribution in [0.15, 0.2) is 18.2 Å². The number of likely N-dealkylation sites (tertiary alicyclic amines) is 1. The van der Waals surface area contributed by atoms with Crippen LogP contribution in [0, 0.1) is 5.92 Å². The Bertz CT molecular complexity index is 525. The third kappa shape index (κ3) is 3.11. The molecule has 0 radical (unpaired) electrons. The van der Waals surface area contributed by atoms with Crippen LogP contribution in [0.5, 0.6) is 0 Å². The van der Waals surface area contributed by atoms with Crippen molar-refractivity contribution in [1.82, 2.24) is 4.90 Å². The van der Waals surface area contributed by atoms with Gasteiger partial charge in [0.15, 0.2) is 0 Å². The Kier molecular flexibility index (Phi) is 4.33. The predicted octanol–water partition coefficient (Wildman–Crippen LogP) is 3.89. The van der Waals surface area contributed by atoms with Crippen molar-refractivity contribution in [2.24, 2.45) is 5.92 Å². The Morgan fingerprint density at radius 2 is 1.90 bits per heavy atom. The minimum atomic E-state index is -0.757. The summed E-state index contributed by atoms with van der Waals surface area (Å²) in [4.78, 5) is 13.7. The lowest BCUT2D eigenvalue weighted by Gasteiger charge is -2.31. The van der Waals surface area contributed by atoms with Gasteiger partial charge in [0.05, 0.1) is 16.0 Å². The average molecular weight is 316 g/mol. The molecule has 3 nitrogen and oxygen atoms in total. The van der Waals surface area contributed by atoms with Crippen LogP contribution < -0.4 is 0 Å². The molecule has 1 aliphatic heterocycles. The molecule has 0 amide bonds. The predicted molar refractivity (Wildman–Crippen MR) is 81.7 cm³/mol. The van der Waals surface area contributed by atoms with E-state index in [1.165, 1.54) is 0 Å². The zero-order chi connectivity index (χ0) is 15.1. The van der Waals surface area contributed by atoms with Gasteiger partial charge in [0, 0.05) is 24.5 Å². The van der Waals surface area contributed by atoms with E-state index in [-0.39, 0.29) is 11.5 Å². The Morgan fingerprint density at radius 3 is 2.40 bits per heavy atom. The first-order chi connectivity index (χ1) is 9.20. The molecular weight excluding hydrogens is 297 g/mol. The maximum atomic E-state index is 11.5. The number of benzene rings is 1. The van der Waals surface area contributed by atoms with Crippen molar-refractivity contribution in [3.05, 3.63) is 33.8 Å². The quantitative estimate of drug-likeness (QED) is 0.900. The van der Waals surface area contributed by atoms with E-state index < -0.39 is 11.9 Å². The highest BCUT2D eigenvalue weighted by Crippen LogP contribution is 2.38. The van der Waals surface area contributed by atoms with Crippen molar-refractivity contribution in [1.29, 1.82) is 0 Å². The van der Waals surface area contributed by atoms with Crippen LogP contribution in [0.4, 0.5) is 0 Å². The van der Waals surface area contributed by atoms with Gasteiger partial charge in [0.2, 0.25) is 0 Å². The molecule has 2 atom stereocenters. The SMILES string of the molecule is CC(C)(C)N1C[C@@H](C(=O)O)[C@H](c2ccc(Cl)c(Cl)c2)C1. The van der Waals surface area contributed by atoms with E-state index in [0.717, 1.165) is 12.1 Å². The summed E-state index contributed by atoms with van der Waals surface area (Å²) in [5.74, 6) is -1.22. The fourth-order valence-corrected chi connectivity index (χ4v) is 2.99. The van der Waals surface area contributed by atoms with Crippen molar-refractivity contribution in [3.63, 3.8) is 0 Å². The minimum absolute atomic E-state index is 0.0430. The van der Waals surface area contributed by atoms with Crippen LogP contribution in [0.2, 0.25) is 10.0 Å². The fourth-order valence-electron chi connectivity index (χ4n) is 2.68. The largest absolute Gasteiger partial charge is 0.481 e. The van der Waals surface area contributed by atoms with Crippen molar-refractivity contribution < 1.29 is 9.90 Å². The van der Waals surface area contributed by atoms with Crippen LogP contribution >= 0.6 is 23.2 Å². The van der Waals surface area contributed by atoms with Gasteiger partial charge in [-0.2, -0.15) is 0 Å². The van der Waals surface area contributed by atoms with E-state index in [4.69, 9.17) is 23.2 Å². The van der Waals surface area contributed by atoms with Crippen LogP contribution in [0.1, 0.15) is 32.3 Å². The van der Waals surface area contributed by atoms with Crippen LogP contribution in [0.25, 0.3) is 0 Å². The molecule has 0 saturated carbocycles. The highest BCUT2D eigenvalue weighted by Gasteiger charge is 2.42. The van der Waals surface area contributed by atoms with Gasteiger partial charge in [-0.3, -0.25) is 9.69 Å². The van der Waals surface area contributed by atoms with Gasteiger partial charge in [-0.1, -0.05) is 29.3 Å². The fraction of sp³-hybridized carbons (Fsp3) is 0.533. The molecule has 1 aromatic carbocycles. The van der Waals surface area contributed by atoms with Crippen LogP contribution in [-0.2, 0) is 4.79 Å². The second-order valence-corrected chi connectivity index (χ2v) is 7.11. The van der Waals surface area contributed by atoms with Gasteiger partial charge >= 0.3 is 5.97 Å². The van der Waals surface area contributed by atoms with Crippen LogP contribution in [0.3, 0.4) is 0 Å². The lowest BCUT2D eigenvalue weighted by Crippen LogP contribution is -2.40. The number of hydrogen-bond donors (Lipinski definition) is 1. The molecule has 110 valence electrons. The summed E-state index contributed by atoms with van der Waals surface area (Å²) in [6.07, 6.45) is 0. The first-order valence-electron chi connectivity index (χ1n) is 6.63. The van der Waals surface area contributed by atoms with Gasteiger partial charge < -0.3 is 5.11 Å². The molecule has 0 aliphatic carbocycles. The highest BCUT2D eigenvalue weighted by molar-refractivity contribution is 6.42. The van der Waals surface area contributed by atoms with Gasteiger partial charge in [-0.15, -0.1) is 0 Å². The van der Waals surface area contributed by atoms with Gasteiger partial charge in [0.25, 0.3) is 0 Å². The normalized spacial score (nSPS) is 24.1. The molecule has 1 aliphatic rings. The first-order valence-corrected chi connectivity index (χ1v) is 7.38. The molecule has 5 heteroatoms. The smallest absolute Gasteiger partial charge is 0.308 e. The molecular formula is C15H19Cl2NO2. The molecule has 1 aromatic rings. The van der Waals surface area contributed by atoms with Crippen molar-refractivity contribution in [2.45, 2.75) is 32.2 Å². The summed E-state index contributed by atoms with van der Waals surface area (Å²) >= 11 is 12.0. The third-order valence-electron chi connectivity index (χ3n) is 3.96. The zero-order valence-corrected chi connectivity index (χ0v) is 13.4. The summed E-state index contributed by atoms with van der Waals surface area (Å²) in [6.45, 7) is 7.58. The van der Waals surface area contributed by atoms with Gasteiger partial charge in [-0.05, 0) is 38.5 Å². The molecule has 0 unspecified atom stereocenters. The molecule has 0 spiro atoms. The third-order valence-corrected chi connectivity index (χ3v) is 4.70. The lowest BCUT2D eigenvalue weighted by atomic mass is 9.89. The molecule has 20 heavy (non-hydrogen) atoms. The number of hydrogen-bond acceptors (Lipinski definition) is 2. The van der Waals surface area contributed by atoms with E-state index >= 15 is 0 Å². The Balaban J connectivity index is 2.32. The Morgan fingerprint density at radius 1 is 1.25 bits per heavy atom. The Hall–Kier alpha value is -0.770. The van der Waals surface area contributed by atoms with Gasteiger partial charge in [-0.25, -0.2) is 0 Å². The first kappa shape index (κ1) is 15.6. The molecule has 2 rings (SSSR count). The molecule has 1 saturated heterocycles. The number of carbonyl (C=O) groups is 1. The molecule has 0 bridgehead atoms. The van der Waals surface area contributed by atoms with E-state index in [9.17, 15) is 9.90 Å². The summed E-state index contributed by atoms with van der Waals surface area (Å²) in [5, 5.41) is 10.4. The second kappa shape index (κ2) is 5.55. The Labute approximate surface area is 129 Å². The summed E-state index contributed by atoms with van der Waals surface area (Å²) in [7, 11) is 0. The molecule has 1 N–H and O–H groups in total. The van der Waals surface area contributed by atoms with Crippen molar-refractivity contribution in [2.75, 3.05) is 13.1 Å². The van der Waals surface area contributed by atoms with E-state index in [1.54, 1.807) is 12.1 Å². The summed E-state index contributed by atoms with van der Waals surface area (Å²) < 4.78 is 0. The van der Waals surface area contributed by atoms with Gasteiger partial charge in [0.1, 0.15) is 0 Å². The highest BCUT2D eigenvalue weighted by atomic mass is 35.5. The van der Waals surface area contributed by atoms with Crippen molar-refractivity contribution >= 4 is 29.2 Å². The summed E-state index contributed by atoms with van der Waals surface area (Å²) in [6, 6.07) is 5.40. The van der Waals surface area contributed by atoms with Crippen LogP contribution in [-0.4, -0.2) is 34.6 Å². The lowest BCUT2D eigenvalue weighted by molar-refractivity contribution is -0.141. The second-order valence-electron chi connectivity index (χ2n) is 6.30. The maximum absolute atomic E-state index is 11.5. The number of carboxylic acid groups (broad SMARTS) is 1.